The van der Waals surface area contributed by atoms with E-state index < -0.39 is 0 Å². The minimum atomic E-state index is -0.337. The molecule has 3 N–H and O–H groups in total. The molecule has 0 spiro atoms. The molecule has 0 atom stereocenters. The van der Waals surface area contributed by atoms with Gasteiger partial charge >= 0.3 is 6.03 Å². The number of nitrogens with zero attached hydrogens (tertiary/aromatic N) is 3. The Hall–Kier alpha value is -2.43. The van der Waals surface area contributed by atoms with E-state index >= 15 is 0 Å². The third kappa shape index (κ3) is 5.97. The summed E-state index contributed by atoms with van der Waals surface area (Å²) in [5, 5.41) is 9.40. The van der Waals surface area contributed by atoms with Gasteiger partial charge in [-0.3, -0.25) is 0 Å². The molecule has 2 amide bonds. The zero-order valence-electron chi connectivity index (χ0n) is 18.3. The van der Waals surface area contributed by atoms with Gasteiger partial charge in [-0.25, -0.2) is 14.8 Å². The van der Waals surface area contributed by atoms with Crippen LogP contribution in [0.2, 0.25) is 9.36 Å². The molecule has 34 heavy (non-hydrogen) atoms. The number of nitrogens with one attached hydrogen (secondary N) is 3. The molecule has 176 valence electrons. The molecule has 0 bridgehead atoms. The summed E-state index contributed by atoms with van der Waals surface area (Å²) in [7, 11) is 4.02. The van der Waals surface area contributed by atoms with Crippen LogP contribution in [0.25, 0.3) is 21.6 Å². The minimum Gasteiger partial charge on any atom is -0.367 e. The molecule has 2 aromatic heterocycles. The van der Waals surface area contributed by atoms with Crippen molar-refractivity contribution in [2.45, 2.75) is 0 Å². The monoisotopic (exact) mass is 578 g/mol. The fourth-order valence-corrected chi connectivity index (χ4v) is 4.99. The number of urea groups is 1. The molecule has 4 rings (SSSR count). The van der Waals surface area contributed by atoms with Gasteiger partial charge in [0, 0.05) is 34.5 Å². The summed E-state index contributed by atoms with van der Waals surface area (Å²) in [4.78, 5) is 23.8. The van der Waals surface area contributed by atoms with Crippen LogP contribution in [0.3, 0.4) is 0 Å². The first-order chi connectivity index (χ1) is 16.3. The largest absolute Gasteiger partial charge is 0.367 e. The lowest BCUT2D eigenvalue weighted by atomic mass is 10.2. The Labute approximate surface area is 219 Å². The molecule has 7 nitrogen and oxygen atoms in total. The second kappa shape index (κ2) is 10.9. The lowest BCUT2D eigenvalue weighted by Crippen LogP contribution is -2.21. The van der Waals surface area contributed by atoms with E-state index in [-0.39, 0.29) is 6.03 Å². The summed E-state index contributed by atoms with van der Waals surface area (Å²) < 4.78 is 2.18. The number of aromatic nitrogens is 2. The second-order valence-corrected chi connectivity index (χ2v) is 10.6. The molecular weight excluding hydrogens is 559 g/mol. The number of anilines is 3. The predicted octanol–water partition coefficient (Wildman–Crippen LogP) is 7.05. The number of fused-ring (bicyclic) bond motifs is 1. The minimum absolute atomic E-state index is 0.337. The van der Waals surface area contributed by atoms with E-state index in [0.29, 0.717) is 44.4 Å². The van der Waals surface area contributed by atoms with Crippen molar-refractivity contribution in [2.24, 2.45) is 0 Å². The van der Waals surface area contributed by atoms with Gasteiger partial charge in [-0.2, -0.15) is 0 Å². The zero-order chi connectivity index (χ0) is 24.2. The molecule has 2 heterocycles. The molecule has 0 aliphatic rings. The van der Waals surface area contributed by atoms with E-state index in [0.717, 1.165) is 21.3 Å². The van der Waals surface area contributed by atoms with E-state index in [2.05, 4.69) is 41.8 Å². The van der Waals surface area contributed by atoms with Crippen molar-refractivity contribution in [3.05, 3.63) is 62.4 Å². The summed E-state index contributed by atoms with van der Waals surface area (Å²) >= 11 is 17.4. The van der Waals surface area contributed by atoms with Crippen LogP contribution >= 0.6 is 50.5 Å². The van der Waals surface area contributed by atoms with Crippen LogP contribution < -0.4 is 16.0 Å². The fourth-order valence-electron chi connectivity index (χ4n) is 3.13. The van der Waals surface area contributed by atoms with Crippen molar-refractivity contribution in [3.8, 4) is 11.4 Å². The molecule has 4 aromatic rings. The van der Waals surface area contributed by atoms with Gasteiger partial charge < -0.3 is 20.9 Å². The highest BCUT2D eigenvalue weighted by Gasteiger charge is 2.17. The van der Waals surface area contributed by atoms with Crippen LogP contribution in [-0.2, 0) is 0 Å². The first kappa shape index (κ1) is 24.7. The molecule has 0 fully saturated rings. The molecule has 0 radical (unpaired) electrons. The van der Waals surface area contributed by atoms with Gasteiger partial charge in [-0.1, -0.05) is 45.2 Å². The van der Waals surface area contributed by atoms with Crippen LogP contribution in [0, 0.1) is 0 Å². The smallest absolute Gasteiger partial charge is 0.323 e. The van der Waals surface area contributed by atoms with Crippen molar-refractivity contribution in [1.29, 1.82) is 0 Å². The van der Waals surface area contributed by atoms with Crippen molar-refractivity contribution in [3.63, 3.8) is 0 Å². The number of rotatable bonds is 7. The normalized spacial score (nSPS) is 11.1. The Morgan fingerprint density at radius 1 is 1.06 bits per heavy atom. The second-order valence-electron chi connectivity index (χ2n) is 7.66. The third-order valence-electron chi connectivity index (χ3n) is 4.77. The third-order valence-corrected chi connectivity index (χ3v) is 7.24. The number of likely N-dealkylation sites (N-methyl/N-ethyl adjacent to an activating group) is 1. The summed E-state index contributed by atoms with van der Waals surface area (Å²) in [5.74, 6) is 1.21. The Morgan fingerprint density at radius 3 is 2.50 bits per heavy atom. The number of carbonyl (C=O) groups excluding carboxylic acids is 1. The molecule has 11 heteroatoms. The quantitative estimate of drug-likeness (QED) is 0.219. The first-order valence-electron chi connectivity index (χ1n) is 10.3. The molecule has 0 unspecified atom stereocenters. The van der Waals surface area contributed by atoms with E-state index in [1.807, 2.05) is 50.5 Å². The van der Waals surface area contributed by atoms with Crippen molar-refractivity contribution in [2.75, 3.05) is 43.1 Å². The topological polar surface area (TPSA) is 82.2 Å². The highest BCUT2D eigenvalue weighted by molar-refractivity contribution is 9.10. The maximum atomic E-state index is 12.3. The number of amides is 2. The van der Waals surface area contributed by atoms with Crippen LogP contribution in [0.5, 0.6) is 0 Å². The van der Waals surface area contributed by atoms with Crippen molar-refractivity contribution >= 4 is 83.9 Å². The van der Waals surface area contributed by atoms with Gasteiger partial charge in [0.1, 0.15) is 15.7 Å². The van der Waals surface area contributed by atoms with Crippen molar-refractivity contribution < 1.29 is 4.79 Å². The van der Waals surface area contributed by atoms with Gasteiger partial charge in [0.25, 0.3) is 0 Å². The maximum absolute atomic E-state index is 12.3. The van der Waals surface area contributed by atoms with Crippen LogP contribution in [-0.4, -0.2) is 48.1 Å². The summed E-state index contributed by atoms with van der Waals surface area (Å²) in [6.07, 6.45) is 0. The zero-order valence-corrected chi connectivity index (χ0v) is 22.2. The van der Waals surface area contributed by atoms with Gasteiger partial charge in [-0.15, -0.1) is 11.3 Å². The van der Waals surface area contributed by atoms with E-state index in [1.54, 1.807) is 12.1 Å². The SMILES string of the molecule is CN(C)CCNc1nc(-c2ccc(NC(=O)Nc3cccc(Br)c3)cc2)nc2c(Cl)c(Cl)sc12. The number of hydrogen-bond donors (Lipinski definition) is 3. The standard InChI is InChI=1S/C23H21BrCl2N6OS/c1-32(2)11-10-27-22-19-18(17(25)20(26)34-19)30-21(31-22)13-6-8-15(9-7-13)28-23(33)29-16-5-3-4-14(24)12-16/h3-9,12H,10-11H2,1-2H3,(H,27,30,31)(H2,28,29,33). The number of benzene rings is 2. The summed E-state index contributed by atoms with van der Waals surface area (Å²) in [5.41, 5.74) is 2.72. The molecule has 2 aromatic carbocycles. The molecule has 0 saturated heterocycles. The van der Waals surface area contributed by atoms with Crippen LogP contribution in [0.4, 0.5) is 22.0 Å². The van der Waals surface area contributed by atoms with Crippen LogP contribution in [0.1, 0.15) is 0 Å². The van der Waals surface area contributed by atoms with E-state index in [1.165, 1.54) is 11.3 Å². The molecule has 0 aliphatic carbocycles. The summed E-state index contributed by atoms with van der Waals surface area (Å²) in [6.45, 7) is 1.55. The predicted molar refractivity (Wildman–Crippen MR) is 147 cm³/mol. The molecule has 0 saturated carbocycles. The van der Waals surface area contributed by atoms with Crippen LogP contribution in [0.15, 0.2) is 53.0 Å². The van der Waals surface area contributed by atoms with Gasteiger partial charge in [0.05, 0.1) is 9.72 Å². The highest BCUT2D eigenvalue weighted by Crippen LogP contribution is 2.41. The lowest BCUT2D eigenvalue weighted by molar-refractivity contribution is 0.262. The molecular formula is C23H21BrCl2N6OS. The van der Waals surface area contributed by atoms with Gasteiger partial charge in [0.2, 0.25) is 0 Å². The first-order valence-corrected chi connectivity index (χ1v) is 12.6. The average Bonchev–Trinajstić information content (AvgIpc) is 3.08. The number of halogens is 3. The number of carbonyl (C=O) groups is 1. The van der Waals surface area contributed by atoms with E-state index in [4.69, 9.17) is 28.2 Å². The Bertz CT molecular complexity index is 1330. The Morgan fingerprint density at radius 2 is 1.79 bits per heavy atom. The Balaban J connectivity index is 1.54. The van der Waals surface area contributed by atoms with Gasteiger partial charge in [-0.05, 0) is 56.6 Å². The number of thiophene rings is 1. The van der Waals surface area contributed by atoms with E-state index in [9.17, 15) is 4.79 Å². The Kier molecular flexibility index (Phi) is 7.90. The van der Waals surface area contributed by atoms with Gasteiger partial charge in [0.15, 0.2) is 5.82 Å². The molecule has 0 aliphatic heterocycles. The lowest BCUT2D eigenvalue weighted by Gasteiger charge is -2.12. The average molecular weight is 580 g/mol. The maximum Gasteiger partial charge on any atom is 0.323 e. The summed E-state index contributed by atoms with van der Waals surface area (Å²) in [6, 6.07) is 14.3. The number of hydrogen-bond acceptors (Lipinski definition) is 6. The highest BCUT2D eigenvalue weighted by atomic mass is 79.9. The van der Waals surface area contributed by atoms with Crippen molar-refractivity contribution in [1.82, 2.24) is 14.9 Å². The fraction of sp³-hybridized carbons (Fsp3) is 0.174.